The van der Waals surface area contributed by atoms with E-state index in [1.165, 1.54) is 12.1 Å². The van der Waals surface area contributed by atoms with Crippen LogP contribution in [0.25, 0.3) is 0 Å². The van der Waals surface area contributed by atoms with Gasteiger partial charge in [0.2, 0.25) is 5.91 Å². The van der Waals surface area contributed by atoms with Gasteiger partial charge in [-0.15, -0.1) is 0 Å². The Morgan fingerprint density at radius 1 is 1.16 bits per heavy atom. The van der Waals surface area contributed by atoms with Crippen LogP contribution in [0.1, 0.15) is 36.0 Å². The zero-order chi connectivity index (χ0) is 21.8. The van der Waals surface area contributed by atoms with Crippen molar-refractivity contribution in [2.45, 2.75) is 44.1 Å². The molecule has 2 fully saturated rings. The molecule has 164 valence electrons. The van der Waals surface area contributed by atoms with Gasteiger partial charge >= 0.3 is 0 Å². The maximum Gasteiger partial charge on any atom is 0.230 e. The summed E-state index contributed by atoms with van der Waals surface area (Å²) in [5, 5.41) is 4.20. The molecule has 5 rings (SSSR count). The standard InChI is InChI=1S/C23H22Cl2F2N2O2/c24-18-4-1-13(7-19(18)25)11-29(15-2-3-15)22(30)17-10-28-6-5-23(17)16-9-21(27)20(26)8-14(16)12-31-23/h1,4,7-9,15,17,28H,2-3,5-6,10-12H2/t17?,23-/m0/s1. The summed E-state index contributed by atoms with van der Waals surface area (Å²) < 4.78 is 34.1. The van der Waals surface area contributed by atoms with E-state index in [2.05, 4.69) is 5.32 Å². The van der Waals surface area contributed by atoms with Gasteiger partial charge in [0.15, 0.2) is 11.6 Å². The number of nitrogens with zero attached hydrogens (tertiary/aromatic N) is 1. The Morgan fingerprint density at radius 3 is 2.68 bits per heavy atom. The van der Waals surface area contributed by atoms with Crippen LogP contribution in [0.3, 0.4) is 0 Å². The number of amides is 1. The fourth-order valence-corrected chi connectivity index (χ4v) is 5.16. The summed E-state index contributed by atoms with van der Waals surface area (Å²) >= 11 is 12.2. The quantitative estimate of drug-likeness (QED) is 0.703. The average molecular weight is 467 g/mol. The first-order valence-electron chi connectivity index (χ1n) is 10.5. The first kappa shape index (κ1) is 21.1. The SMILES string of the molecule is O=C(C1CNCC[C@@]12OCc1cc(F)c(F)cc12)N(Cc1ccc(Cl)c(Cl)c1)C1CC1. The van der Waals surface area contributed by atoms with Crippen molar-refractivity contribution in [3.05, 3.63) is 68.7 Å². The van der Waals surface area contributed by atoms with Crippen molar-refractivity contribution in [3.8, 4) is 0 Å². The minimum absolute atomic E-state index is 0.0432. The van der Waals surface area contributed by atoms with Crippen molar-refractivity contribution in [1.29, 1.82) is 0 Å². The molecular formula is C23H22Cl2F2N2O2. The maximum absolute atomic E-state index is 14.1. The molecule has 0 radical (unpaired) electrons. The van der Waals surface area contributed by atoms with E-state index < -0.39 is 23.2 Å². The molecule has 2 aliphatic heterocycles. The molecular weight excluding hydrogens is 445 g/mol. The van der Waals surface area contributed by atoms with Gasteiger partial charge in [0.25, 0.3) is 0 Å². The number of nitrogens with one attached hydrogen (secondary N) is 1. The zero-order valence-corrected chi connectivity index (χ0v) is 18.3. The molecule has 31 heavy (non-hydrogen) atoms. The highest BCUT2D eigenvalue weighted by Gasteiger charge is 2.53. The van der Waals surface area contributed by atoms with Gasteiger partial charge in [0, 0.05) is 19.1 Å². The summed E-state index contributed by atoms with van der Waals surface area (Å²) in [4.78, 5) is 15.7. The van der Waals surface area contributed by atoms with Gasteiger partial charge in [-0.1, -0.05) is 29.3 Å². The Morgan fingerprint density at radius 2 is 1.94 bits per heavy atom. The van der Waals surface area contributed by atoms with Crippen molar-refractivity contribution < 1.29 is 18.3 Å². The number of ether oxygens (including phenoxy) is 1. The first-order valence-corrected chi connectivity index (χ1v) is 11.2. The highest BCUT2D eigenvalue weighted by atomic mass is 35.5. The molecule has 1 N–H and O–H groups in total. The lowest BCUT2D eigenvalue weighted by Crippen LogP contribution is -2.55. The molecule has 4 nitrogen and oxygen atoms in total. The summed E-state index contributed by atoms with van der Waals surface area (Å²) in [6, 6.07) is 7.94. The van der Waals surface area contributed by atoms with E-state index >= 15 is 0 Å². The average Bonchev–Trinajstić information content (AvgIpc) is 3.55. The Hall–Kier alpha value is -1.73. The second kappa shape index (κ2) is 8.00. The number of carbonyl (C=O) groups is 1. The summed E-state index contributed by atoms with van der Waals surface area (Å²) in [5.41, 5.74) is 1.16. The zero-order valence-electron chi connectivity index (χ0n) is 16.8. The molecule has 1 amide bonds. The lowest BCUT2D eigenvalue weighted by atomic mass is 9.75. The predicted molar refractivity (Wildman–Crippen MR) is 114 cm³/mol. The molecule has 0 bridgehead atoms. The molecule has 0 aromatic heterocycles. The molecule has 1 saturated heterocycles. The highest BCUT2D eigenvalue weighted by Crippen LogP contribution is 2.48. The van der Waals surface area contributed by atoms with Crippen molar-refractivity contribution in [2.75, 3.05) is 13.1 Å². The van der Waals surface area contributed by atoms with Crippen LogP contribution in [0, 0.1) is 17.6 Å². The molecule has 2 aromatic rings. The second-order valence-corrected chi connectivity index (χ2v) is 9.37. The number of halogens is 4. The van der Waals surface area contributed by atoms with Crippen LogP contribution in [0.5, 0.6) is 0 Å². The fraction of sp³-hybridized carbons (Fsp3) is 0.435. The van der Waals surface area contributed by atoms with Crippen molar-refractivity contribution in [2.24, 2.45) is 5.92 Å². The van der Waals surface area contributed by atoms with Crippen molar-refractivity contribution >= 4 is 29.1 Å². The van der Waals surface area contributed by atoms with Gasteiger partial charge < -0.3 is 15.0 Å². The third-order valence-electron chi connectivity index (χ3n) is 6.58. The number of hydrogen-bond donors (Lipinski definition) is 1. The molecule has 2 aromatic carbocycles. The molecule has 1 unspecified atom stereocenters. The molecule has 2 heterocycles. The van der Waals surface area contributed by atoms with E-state index in [0.717, 1.165) is 18.4 Å². The van der Waals surface area contributed by atoms with Gasteiger partial charge in [-0.05, 0) is 66.8 Å². The van der Waals surface area contributed by atoms with Crippen LogP contribution in [0.4, 0.5) is 8.78 Å². The Kier molecular flexibility index (Phi) is 5.45. The minimum Gasteiger partial charge on any atom is -0.365 e. The van der Waals surface area contributed by atoms with Crippen LogP contribution in [0.2, 0.25) is 10.0 Å². The Bertz CT molecular complexity index is 1050. The summed E-state index contributed by atoms with van der Waals surface area (Å²) in [5.74, 6) is -2.38. The van der Waals surface area contributed by atoms with Crippen LogP contribution in [0.15, 0.2) is 30.3 Å². The van der Waals surface area contributed by atoms with E-state index in [-0.39, 0.29) is 18.6 Å². The number of carbonyl (C=O) groups excluding carboxylic acids is 1. The smallest absolute Gasteiger partial charge is 0.230 e. The monoisotopic (exact) mass is 466 g/mol. The Labute approximate surface area is 189 Å². The predicted octanol–water partition coefficient (Wildman–Crippen LogP) is 4.80. The lowest BCUT2D eigenvalue weighted by molar-refractivity contribution is -0.157. The molecule has 2 atom stereocenters. The highest BCUT2D eigenvalue weighted by molar-refractivity contribution is 6.42. The van der Waals surface area contributed by atoms with Gasteiger partial charge in [0.05, 0.1) is 22.6 Å². The van der Waals surface area contributed by atoms with Crippen molar-refractivity contribution in [1.82, 2.24) is 10.2 Å². The fourth-order valence-electron chi connectivity index (χ4n) is 4.84. The van der Waals surface area contributed by atoms with Crippen molar-refractivity contribution in [3.63, 3.8) is 0 Å². The topological polar surface area (TPSA) is 41.6 Å². The second-order valence-electron chi connectivity index (χ2n) is 8.55. The Balaban J connectivity index is 1.48. The van der Waals surface area contributed by atoms with Gasteiger partial charge in [-0.3, -0.25) is 4.79 Å². The van der Waals surface area contributed by atoms with Crippen LogP contribution >= 0.6 is 23.2 Å². The number of rotatable bonds is 4. The van der Waals surface area contributed by atoms with E-state index in [9.17, 15) is 13.6 Å². The maximum atomic E-state index is 14.1. The first-order chi connectivity index (χ1) is 14.9. The number of hydrogen-bond acceptors (Lipinski definition) is 3. The number of fused-ring (bicyclic) bond motifs is 2. The molecule has 8 heteroatoms. The van der Waals surface area contributed by atoms with E-state index in [1.807, 2.05) is 11.0 Å². The van der Waals surface area contributed by atoms with E-state index in [1.54, 1.807) is 12.1 Å². The van der Waals surface area contributed by atoms with Crippen LogP contribution in [-0.4, -0.2) is 29.9 Å². The van der Waals surface area contributed by atoms with Crippen LogP contribution < -0.4 is 5.32 Å². The molecule has 3 aliphatic rings. The van der Waals surface area contributed by atoms with Gasteiger partial charge in [0.1, 0.15) is 5.60 Å². The third kappa shape index (κ3) is 3.74. The summed E-state index contributed by atoms with van der Waals surface area (Å²) in [7, 11) is 0. The van der Waals surface area contributed by atoms with Gasteiger partial charge in [-0.2, -0.15) is 0 Å². The largest absolute Gasteiger partial charge is 0.365 e. The van der Waals surface area contributed by atoms with Crippen LogP contribution in [-0.2, 0) is 28.3 Å². The summed E-state index contributed by atoms with van der Waals surface area (Å²) in [6.07, 6.45) is 2.40. The normalized spacial score (nSPS) is 25.0. The van der Waals surface area contributed by atoms with E-state index in [0.29, 0.717) is 47.2 Å². The molecule has 1 aliphatic carbocycles. The third-order valence-corrected chi connectivity index (χ3v) is 7.32. The lowest BCUT2D eigenvalue weighted by Gasteiger charge is -2.42. The molecule has 1 saturated carbocycles. The number of piperidine rings is 1. The van der Waals surface area contributed by atoms with E-state index in [4.69, 9.17) is 27.9 Å². The summed E-state index contributed by atoms with van der Waals surface area (Å²) in [6.45, 7) is 1.64. The minimum atomic E-state index is -0.947. The number of benzene rings is 2. The van der Waals surface area contributed by atoms with Gasteiger partial charge in [-0.25, -0.2) is 8.78 Å². The molecule has 1 spiro atoms.